The van der Waals surface area contributed by atoms with Gasteiger partial charge in [-0.3, -0.25) is 0 Å². The van der Waals surface area contributed by atoms with Crippen LogP contribution in [-0.4, -0.2) is 21.9 Å². The van der Waals surface area contributed by atoms with Crippen molar-refractivity contribution in [3.8, 4) is 0 Å². The van der Waals surface area contributed by atoms with Crippen LogP contribution in [0.15, 0.2) is 11.6 Å². The minimum Gasteiger partial charge on any atom is -0.393 e. The monoisotopic (exact) mass is 374 g/mol. The molecule has 0 aromatic carbocycles. The van der Waals surface area contributed by atoms with Crippen molar-refractivity contribution in [3.63, 3.8) is 0 Å². The molecule has 4 aliphatic rings. The first kappa shape index (κ1) is 20.0. The Hall–Kier alpha value is -0.340. The van der Waals surface area contributed by atoms with E-state index in [1.54, 1.807) is 5.57 Å². The van der Waals surface area contributed by atoms with Crippen LogP contribution in [0.4, 0.5) is 0 Å². The van der Waals surface area contributed by atoms with Gasteiger partial charge in [-0.2, -0.15) is 0 Å². The van der Waals surface area contributed by atoms with E-state index in [4.69, 9.17) is 0 Å². The van der Waals surface area contributed by atoms with E-state index >= 15 is 0 Å². The summed E-state index contributed by atoms with van der Waals surface area (Å²) in [6.45, 7) is 11.5. The average molecular weight is 375 g/mol. The number of allylic oxidation sites excluding steroid dienone is 1. The molecule has 0 spiro atoms. The van der Waals surface area contributed by atoms with Crippen molar-refractivity contribution in [1.29, 1.82) is 0 Å². The average Bonchev–Trinajstić information content (AvgIpc) is 2.91. The smallest absolute Gasteiger partial charge is 0.0594 e. The normalized spacial score (nSPS) is 48.3. The second-order valence-corrected chi connectivity index (χ2v) is 11.9. The fraction of sp³-hybridized carbons (Fsp3) is 0.920. The molecular weight excluding hydrogens is 332 g/mol. The lowest BCUT2D eigenvalue weighted by atomic mass is 9.47. The van der Waals surface area contributed by atoms with Crippen LogP contribution in [0.25, 0.3) is 0 Å². The van der Waals surface area contributed by atoms with Gasteiger partial charge in [-0.15, -0.1) is 0 Å². The summed E-state index contributed by atoms with van der Waals surface area (Å²) in [5, 5.41) is 20.5. The molecule has 3 saturated carbocycles. The van der Waals surface area contributed by atoms with Crippen molar-refractivity contribution in [2.75, 3.05) is 0 Å². The zero-order valence-electron chi connectivity index (χ0n) is 18.3. The van der Waals surface area contributed by atoms with Gasteiger partial charge in [0, 0.05) is 0 Å². The first-order valence-electron chi connectivity index (χ1n) is 11.6. The largest absolute Gasteiger partial charge is 0.393 e. The van der Waals surface area contributed by atoms with Gasteiger partial charge >= 0.3 is 0 Å². The van der Waals surface area contributed by atoms with Crippen LogP contribution < -0.4 is 0 Å². The molecule has 0 heterocycles. The van der Waals surface area contributed by atoms with Crippen molar-refractivity contribution in [1.82, 2.24) is 0 Å². The fourth-order valence-electron chi connectivity index (χ4n) is 8.55. The van der Waals surface area contributed by atoms with Gasteiger partial charge in [-0.05, 0) is 112 Å². The highest BCUT2D eigenvalue weighted by Gasteiger charge is 2.59. The first-order chi connectivity index (χ1) is 12.5. The van der Waals surface area contributed by atoms with E-state index in [-0.39, 0.29) is 6.10 Å². The third-order valence-corrected chi connectivity index (χ3v) is 9.66. The van der Waals surface area contributed by atoms with E-state index in [1.165, 1.54) is 38.5 Å². The summed E-state index contributed by atoms with van der Waals surface area (Å²) in [7, 11) is 0. The van der Waals surface area contributed by atoms with E-state index in [1.807, 2.05) is 13.8 Å². The number of fused-ring (bicyclic) bond motifs is 5. The Balaban J connectivity index is 1.57. The van der Waals surface area contributed by atoms with Crippen LogP contribution in [0.2, 0.25) is 0 Å². The Morgan fingerprint density at radius 3 is 2.56 bits per heavy atom. The molecule has 0 aliphatic heterocycles. The second-order valence-electron chi connectivity index (χ2n) is 11.9. The molecule has 4 rings (SSSR count). The lowest BCUT2D eigenvalue weighted by molar-refractivity contribution is -0.0626. The molecule has 4 aliphatic carbocycles. The van der Waals surface area contributed by atoms with Crippen molar-refractivity contribution >= 4 is 0 Å². The van der Waals surface area contributed by atoms with Crippen molar-refractivity contribution in [3.05, 3.63) is 11.6 Å². The molecule has 154 valence electrons. The Labute approximate surface area is 166 Å². The number of rotatable bonds is 3. The Morgan fingerprint density at radius 2 is 1.85 bits per heavy atom. The zero-order valence-corrected chi connectivity index (χ0v) is 18.3. The summed E-state index contributed by atoms with van der Waals surface area (Å²) < 4.78 is 0. The summed E-state index contributed by atoms with van der Waals surface area (Å²) in [5.41, 5.74) is 1.84. The maximum atomic E-state index is 10.4. The molecule has 0 bridgehead atoms. The highest BCUT2D eigenvalue weighted by atomic mass is 16.3. The number of aliphatic hydroxyl groups excluding tert-OH is 1. The predicted octanol–water partition coefficient (Wildman–Crippen LogP) is 5.72. The fourth-order valence-corrected chi connectivity index (χ4v) is 8.55. The van der Waals surface area contributed by atoms with E-state index < -0.39 is 5.60 Å². The lowest BCUT2D eigenvalue weighted by Gasteiger charge is -2.58. The molecule has 2 heteroatoms. The molecule has 2 N–H and O–H groups in total. The van der Waals surface area contributed by atoms with Gasteiger partial charge in [0.25, 0.3) is 0 Å². The Kier molecular flexibility index (Phi) is 4.87. The van der Waals surface area contributed by atoms with Crippen LogP contribution in [0.3, 0.4) is 0 Å². The van der Waals surface area contributed by atoms with Crippen molar-refractivity contribution < 1.29 is 10.2 Å². The second kappa shape index (κ2) is 6.59. The summed E-state index contributed by atoms with van der Waals surface area (Å²) in [6, 6.07) is 0. The van der Waals surface area contributed by atoms with Crippen molar-refractivity contribution in [2.24, 2.45) is 40.4 Å². The minimum absolute atomic E-state index is 0.103. The predicted molar refractivity (Wildman–Crippen MR) is 111 cm³/mol. The molecule has 0 aromatic heterocycles. The van der Waals surface area contributed by atoms with Gasteiger partial charge in [0.15, 0.2) is 0 Å². The van der Waals surface area contributed by atoms with Crippen LogP contribution in [0, 0.1) is 40.4 Å². The third-order valence-electron chi connectivity index (χ3n) is 9.66. The van der Waals surface area contributed by atoms with Gasteiger partial charge in [0.05, 0.1) is 11.7 Å². The minimum atomic E-state index is -0.552. The van der Waals surface area contributed by atoms with E-state index in [0.29, 0.717) is 16.7 Å². The Morgan fingerprint density at radius 1 is 1.11 bits per heavy atom. The van der Waals surface area contributed by atoms with E-state index in [2.05, 4.69) is 26.8 Å². The first-order valence-corrected chi connectivity index (χ1v) is 11.6. The molecule has 0 unspecified atom stereocenters. The SMILES string of the molecule is C[C@H](CC(C)(C)O)[C@H]1CC[C@H]2[C@@H]3CC=C4C[C@@H](O)CC[C@]4(C)[C@H]3CC[C@]12C. The number of hydrogen-bond donors (Lipinski definition) is 2. The lowest BCUT2D eigenvalue weighted by Crippen LogP contribution is -2.51. The van der Waals surface area contributed by atoms with Crippen LogP contribution in [0.5, 0.6) is 0 Å². The van der Waals surface area contributed by atoms with E-state index in [9.17, 15) is 10.2 Å². The number of hydrogen-bond acceptors (Lipinski definition) is 2. The van der Waals surface area contributed by atoms with Crippen LogP contribution >= 0.6 is 0 Å². The van der Waals surface area contributed by atoms with Gasteiger partial charge < -0.3 is 10.2 Å². The van der Waals surface area contributed by atoms with Gasteiger partial charge in [0.2, 0.25) is 0 Å². The highest BCUT2D eigenvalue weighted by molar-refractivity contribution is 5.25. The maximum absolute atomic E-state index is 10.4. The van der Waals surface area contributed by atoms with E-state index in [0.717, 1.165) is 42.9 Å². The molecule has 3 fully saturated rings. The Bertz CT molecular complexity index is 602. The molecule has 2 nitrogen and oxygen atoms in total. The molecule has 0 aromatic rings. The topological polar surface area (TPSA) is 40.5 Å². The summed E-state index contributed by atoms with van der Waals surface area (Å²) in [5.74, 6) is 3.89. The van der Waals surface area contributed by atoms with Gasteiger partial charge in [0.1, 0.15) is 0 Å². The third kappa shape index (κ3) is 3.23. The van der Waals surface area contributed by atoms with Gasteiger partial charge in [-0.1, -0.05) is 32.4 Å². The standard InChI is InChI=1S/C25H42O2/c1-16(15-23(2,3)27)20-8-9-21-19-7-6-17-14-18(26)10-12-24(17,4)22(19)11-13-25(20,21)5/h6,16,18-22,26-27H,7-15H2,1-5H3/t16-,18+,19+,20-,21+,22+,24+,25-/m1/s1. The molecular formula is C25H42O2. The van der Waals surface area contributed by atoms with Crippen LogP contribution in [0.1, 0.15) is 92.4 Å². The summed E-state index contributed by atoms with van der Waals surface area (Å²) in [4.78, 5) is 0. The number of aliphatic hydroxyl groups is 2. The maximum Gasteiger partial charge on any atom is 0.0594 e. The van der Waals surface area contributed by atoms with Crippen LogP contribution in [-0.2, 0) is 0 Å². The summed E-state index contributed by atoms with van der Waals surface area (Å²) in [6.07, 6.45) is 13.2. The molecule has 0 amide bonds. The quantitative estimate of drug-likeness (QED) is 0.620. The van der Waals surface area contributed by atoms with Gasteiger partial charge in [-0.25, -0.2) is 0 Å². The highest BCUT2D eigenvalue weighted by Crippen LogP contribution is 2.67. The molecule has 0 saturated heterocycles. The molecule has 8 atom stereocenters. The molecule has 27 heavy (non-hydrogen) atoms. The zero-order chi connectivity index (χ0) is 19.6. The summed E-state index contributed by atoms with van der Waals surface area (Å²) >= 11 is 0. The van der Waals surface area contributed by atoms with Crippen molar-refractivity contribution in [2.45, 2.75) is 104 Å². The molecule has 0 radical (unpaired) electrons.